The van der Waals surface area contributed by atoms with Crippen molar-refractivity contribution < 1.29 is 23.1 Å². The lowest BCUT2D eigenvalue weighted by atomic mass is 10.0. The number of carbonyl (C=O) groups excluding carboxylic acids is 1. The third-order valence-corrected chi connectivity index (χ3v) is 5.93. The minimum atomic E-state index is -4.02. The van der Waals surface area contributed by atoms with Crippen molar-refractivity contribution in [2.45, 2.75) is 37.0 Å². The van der Waals surface area contributed by atoms with Gasteiger partial charge in [0.2, 0.25) is 9.84 Å². The van der Waals surface area contributed by atoms with E-state index in [1.165, 1.54) is 24.3 Å². The standard InChI is InChI=1S/C18H18O5S/c1-4-14(19)17-13(18(20)21)8-6-10-16(17)24(22,23)15-9-5-7-11(2)12(15)3/h5-10H,4H2,1-3H3,(H,20,21). The molecule has 5 nitrogen and oxygen atoms in total. The average Bonchev–Trinajstić information content (AvgIpc) is 2.55. The fourth-order valence-corrected chi connectivity index (χ4v) is 4.34. The number of hydrogen-bond acceptors (Lipinski definition) is 4. The molecule has 24 heavy (non-hydrogen) atoms. The number of carboxylic acids is 1. The molecule has 2 aromatic rings. The monoisotopic (exact) mass is 346 g/mol. The summed E-state index contributed by atoms with van der Waals surface area (Å²) in [6.07, 6.45) is 0.0135. The molecule has 0 unspecified atom stereocenters. The topological polar surface area (TPSA) is 88.5 Å². The smallest absolute Gasteiger partial charge is 0.336 e. The van der Waals surface area contributed by atoms with Crippen LogP contribution in [0, 0.1) is 13.8 Å². The lowest BCUT2D eigenvalue weighted by Gasteiger charge is -2.14. The van der Waals surface area contributed by atoms with Crippen molar-refractivity contribution in [3.63, 3.8) is 0 Å². The van der Waals surface area contributed by atoms with Crippen molar-refractivity contribution in [2.75, 3.05) is 0 Å². The maximum atomic E-state index is 13.1. The average molecular weight is 346 g/mol. The minimum Gasteiger partial charge on any atom is -0.478 e. The number of aromatic carboxylic acids is 1. The van der Waals surface area contributed by atoms with Crippen LogP contribution in [-0.4, -0.2) is 25.3 Å². The Bertz CT molecular complexity index is 926. The summed E-state index contributed by atoms with van der Waals surface area (Å²) in [5, 5.41) is 9.32. The molecule has 2 aromatic carbocycles. The summed E-state index contributed by atoms with van der Waals surface area (Å²) in [4.78, 5) is 23.5. The van der Waals surface area contributed by atoms with Crippen LogP contribution in [0.15, 0.2) is 46.2 Å². The number of hydrogen-bond donors (Lipinski definition) is 1. The first-order valence-corrected chi connectivity index (χ1v) is 8.91. The van der Waals surface area contributed by atoms with Crippen LogP contribution in [-0.2, 0) is 9.84 Å². The lowest BCUT2D eigenvalue weighted by Crippen LogP contribution is -2.15. The van der Waals surface area contributed by atoms with E-state index in [9.17, 15) is 23.1 Å². The van der Waals surface area contributed by atoms with Crippen molar-refractivity contribution >= 4 is 21.6 Å². The van der Waals surface area contributed by atoms with Gasteiger partial charge in [-0.1, -0.05) is 25.1 Å². The highest BCUT2D eigenvalue weighted by molar-refractivity contribution is 7.91. The van der Waals surface area contributed by atoms with Gasteiger partial charge in [-0.3, -0.25) is 4.79 Å². The summed E-state index contributed by atoms with van der Waals surface area (Å²) in [6, 6.07) is 8.75. The Morgan fingerprint density at radius 1 is 1.00 bits per heavy atom. The molecule has 0 spiro atoms. The highest BCUT2D eigenvalue weighted by atomic mass is 32.2. The zero-order chi connectivity index (χ0) is 18.1. The van der Waals surface area contributed by atoms with Crippen molar-refractivity contribution in [2.24, 2.45) is 0 Å². The van der Waals surface area contributed by atoms with Gasteiger partial charge in [0.25, 0.3) is 0 Å². The van der Waals surface area contributed by atoms with Gasteiger partial charge in [0.15, 0.2) is 5.78 Å². The predicted octanol–water partition coefficient (Wildman–Crippen LogP) is 3.43. The molecule has 0 aromatic heterocycles. The Morgan fingerprint density at radius 3 is 2.17 bits per heavy atom. The largest absolute Gasteiger partial charge is 0.478 e. The van der Waals surface area contributed by atoms with Crippen LogP contribution in [0.2, 0.25) is 0 Å². The zero-order valence-corrected chi connectivity index (χ0v) is 14.5. The van der Waals surface area contributed by atoms with E-state index in [-0.39, 0.29) is 27.3 Å². The van der Waals surface area contributed by atoms with Crippen LogP contribution in [0.3, 0.4) is 0 Å². The molecule has 0 heterocycles. The summed E-state index contributed by atoms with van der Waals surface area (Å²) >= 11 is 0. The summed E-state index contributed by atoms with van der Waals surface area (Å²) in [5.41, 5.74) is 0.823. The second kappa shape index (κ2) is 6.57. The maximum absolute atomic E-state index is 13.1. The maximum Gasteiger partial charge on any atom is 0.336 e. The molecule has 6 heteroatoms. The lowest BCUT2D eigenvalue weighted by molar-refractivity contribution is 0.0691. The molecule has 1 N–H and O–H groups in total. The molecule has 0 amide bonds. The molecule has 0 aliphatic carbocycles. The van der Waals surface area contributed by atoms with E-state index in [1.54, 1.807) is 32.9 Å². The SMILES string of the molecule is CCC(=O)c1c(C(=O)O)cccc1S(=O)(=O)c1cccc(C)c1C. The van der Waals surface area contributed by atoms with Crippen LogP contribution >= 0.6 is 0 Å². The Kier molecular flexibility index (Phi) is 4.89. The van der Waals surface area contributed by atoms with Gasteiger partial charge < -0.3 is 5.11 Å². The number of ketones is 1. The van der Waals surface area contributed by atoms with E-state index in [2.05, 4.69) is 0 Å². The third kappa shape index (κ3) is 2.97. The van der Waals surface area contributed by atoms with E-state index in [1.807, 2.05) is 0 Å². The van der Waals surface area contributed by atoms with E-state index in [0.717, 1.165) is 5.56 Å². The van der Waals surface area contributed by atoms with E-state index in [4.69, 9.17) is 0 Å². The highest BCUT2D eigenvalue weighted by Crippen LogP contribution is 2.30. The van der Waals surface area contributed by atoms with Gasteiger partial charge in [0, 0.05) is 6.42 Å². The Hall–Kier alpha value is -2.47. The predicted molar refractivity (Wildman–Crippen MR) is 89.4 cm³/mol. The number of aryl methyl sites for hydroxylation is 1. The molecule has 0 aliphatic heterocycles. The molecule has 2 rings (SSSR count). The van der Waals surface area contributed by atoms with Crippen molar-refractivity contribution in [1.29, 1.82) is 0 Å². The molecule has 0 saturated heterocycles. The first kappa shape index (κ1) is 17.9. The van der Waals surface area contributed by atoms with Gasteiger partial charge in [0.1, 0.15) is 0 Å². The highest BCUT2D eigenvalue weighted by Gasteiger charge is 2.29. The van der Waals surface area contributed by atoms with Crippen LogP contribution in [0.1, 0.15) is 45.2 Å². The van der Waals surface area contributed by atoms with E-state index < -0.39 is 21.6 Å². The molecule has 0 bridgehead atoms. The van der Waals surface area contributed by atoms with Crippen molar-refractivity contribution in [3.05, 3.63) is 58.7 Å². The van der Waals surface area contributed by atoms with E-state index in [0.29, 0.717) is 5.56 Å². The Balaban J connectivity index is 2.85. The Morgan fingerprint density at radius 2 is 1.58 bits per heavy atom. The molecule has 0 radical (unpaired) electrons. The number of sulfone groups is 1. The van der Waals surface area contributed by atoms with Crippen LogP contribution in [0.25, 0.3) is 0 Å². The fraction of sp³-hybridized carbons (Fsp3) is 0.222. The third-order valence-electron chi connectivity index (χ3n) is 3.99. The van der Waals surface area contributed by atoms with Crippen molar-refractivity contribution in [3.8, 4) is 0 Å². The Labute approximate surface area is 140 Å². The number of Topliss-reactive ketones (excluding diaryl/α,β-unsaturated/α-hetero) is 1. The minimum absolute atomic E-state index is 0.0135. The summed E-state index contributed by atoms with van der Waals surface area (Å²) in [6.45, 7) is 5.04. The number of carboxylic acid groups (broad SMARTS) is 1. The van der Waals surface area contributed by atoms with Gasteiger partial charge in [-0.2, -0.15) is 0 Å². The van der Waals surface area contributed by atoms with Gasteiger partial charge >= 0.3 is 5.97 Å². The second-order valence-electron chi connectivity index (χ2n) is 5.46. The number of carbonyl (C=O) groups is 2. The first-order chi connectivity index (χ1) is 11.2. The summed E-state index contributed by atoms with van der Waals surface area (Å²) < 4.78 is 26.2. The fourth-order valence-electron chi connectivity index (χ4n) is 2.53. The molecule has 0 aliphatic rings. The zero-order valence-electron chi connectivity index (χ0n) is 13.7. The van der Waals surface area contributed by atoms with Crippen molar-refractivity contribution in [1.82, 2.24) is 0 Å². The molecule has 0 saturated carbocycles. The molecule has 126 valence electrons. The molecular formula is C18H18O5S. The van der Waals surface area contributed by atoms with E-state index >= 15 is 0 Å². The normalized spacial score (nSPS) is 11.3. The van der Waals surface area contributed by atoms with Gasteiger partial charge in [-0.25, -0.2) is 13.2 Å². The summed E-state index contributed by atoms with van der Waals surface area (Å²) in [7, 11) is -4.02. The van der Waals surface area contributed by atoms with Gasteiger partial charge in [-0.15, -0.1) is 0 Å². The van der Waals surface area contributed by atoms with Crippen LogP contribution < -0.4 is 0 Å². The molecular weight excluding hydrogens is 328 g/mol. The molecule has 0 fully saturated rings. The molecule has 0 atom stereocenters. The second-order valence-corrected chi connectivity index (χ2v) is 7.35. The quantitative estimate of drug-likeness (QED) is 0.838. The van der Waals surface area contributed by atoms with Gasteiger partial charge in [0.05, 0.1) is 20.9 Å². The first-order valence-electron chi connectivity index (χ1n) is 7.42. The van der Waals surface area contributed by atoms with Crippen LogP contribution in [0.5, 0.6) is 0 Å². The van der Waals surface area contributed by atoms with Gasteiger partial charge in [-0.05, 0) is 43.2 Å². The van der Waals surface area contributed by atoms with Crippen LogP contribution in [0.4, 0.5) is 0 Å². The summed E-state index contributed by atoms with van der Waals surface area (Å²) in [5.74, 6) is -1.85. The number of benzene rings is 2. The number of rotatable bonds is 5.